The van der Waals surface area contributed by atoms with Crippen LogP contribution in [0.25, 0.3) is 0 Å². The molecule has 2 aliphatic rings. The minimum atomic E-state index is -0.532. The van der Waals surface area contributed by atoms with E-state index in [1.807, 2.05) is 6.20 Å². The van der Waals surface area contributed by atoms with Gasteiger partial charge in [0.05, 0.1) is 6.54 Å². The normalized spacial score (nSPS) is 15.2. The first-order valence-electron chi connectivity index (χ1n) is 12.5. The Hall–Kier alpha value is -2.53. The zero-order chi connectivity index (χ0) is 25.6. The van der Waals surface area contributed by atoms with E-state index >= 15 is 0 Å². The molecule has 192 valence electrons. The third-order valence-electron chi connectivity index (χ3n) is 5.53. The molecule has 0 saturated heterocycles. The molecule has 0 unspecified atom stereocenters. The van der Waals surface area contributed by atoms with E-state index in [1.165, 1.54) is 56.5 Å². The molecule has 2 amide bonds. The van der Waals surface area contributed by atoms with Crippen molar-refractivity contribution in [2.75, 3.05) is 13.1 Å². The molecule has 0 aromatic carbocycles. The number of hydrogen-bond donors (Lipinski definition) is 3. The highest BCUT2D eigenvalue weighted by Gasteiger charge is 2.22. The van der Waals surface area contributed by atoms with Gasteiger partial charge in [-0.3, -0.25) is 4.79 Å². The molecule has 0 bridgehead atoms. The largest absolute Gasteiger partial charge is 0.444 e. The van der Waals surface area contributed by atoms with Crippen LogP contribution in [-0.4, -0.2) is 46.3 Å². The summed E-state index contributed by atoms with van der Waals surface area (Å²) in [6.07, 6.45) is 17.0. The van der Waals surface area contributed by atoms with Crippen molar-refractivity contribution < 1.29 is 14.3 Å². The van der Waals surface area contributed by atoms with Gasteiger partial charge >= 0.3 is 6.09 Å². The fraction of sp³-hybridized carbons (Fsp3) is 0.731. The third kappa shape index (κ3) is 12.1. The van der Waals surface area contributed by atoms with E-state index in [0.29, 0.717) is 6.04 Å². The Labute approximate surface area is 205 Å². The van der Waals surface area contributed by atoms with Gasteiger partial charge in [0.1, 0.15) is 11.4 Å². The van der Waals surface area contributed by atoms with Crippen molar-refractivity contribution in [3.05, 3.63) is 17.7 Å². The number of ether oxygens (including phenoxy) is 1. The maximum Gasteiger partial charge on any atom is 0.407 e. The van der Waals surface area contributed by atoms with Crippen LogP contribution in [0.4, 0.5) is 4.79 Å². The van der Waals surface area contributed by atoms with Crippen LogP contribution >= 0.6 is 0 Å². The quantitative estimate of drug-likeness (QED) is 0.516. The molecule has 1 aromatic heterocycles. The van der Waals surface area contributed by atoms with Gasteiger partial charge in [-0.2, -0.15) is 0 Å². The number of carbonyl (C=O) groups excluding carboxylic acids is 2. The summed E-state index contributed by atoms with van der Waals surface area (Å²) in [6, 6.07) is 1.33. The van der Waals surface area contributed by atoms with Crippen molar-refractivity contribution >= 4 is 12.0 Å². The number of nitrogens with two attached hydrogens (primary N) is 1. The second-order valence-electron chi connectivity index (χ2n) is 9.87. The zero-order valence-electron chi connectivity index (χ0n) is 21.8. The highest BCUT2D eigenvalue weighted by atomic mass is 16.6. The maximum atomic E-state index is 11.2. The van der Waals surface area contributed by atoms with Crippen molar-refractivity contribution in [2.24, 2.45) is 5.73 Å². The molecule has 2 fully saturated rings. The Bertz CT molecular complexity index is 783. The second-order valence-corrected chi connectivity index (χ2v) is 9.87. The second kappa shape index (κ2) is 15.4. The van der Waals surface area contributed by atoms with E-state index < -0.39 is 11.7 Å². The fourth-order valence-electron chi connectivity index (χ4n) is 3.32. The number of nitrogens with one attached hydrogen (secondary N) is 2. The highest BCUT2D eigenvalue weighted by molar-refractivity contribution is 5.77. The van der Waals surface area contributed by atoms with Crippen LogP contribution in [0.3, 0.4) is 0 Å². The lowest BCUT2D eigenvalue weighted by Gasteiger charge is -2.29. The molecule has 2 aliphatic carbocycles. The lowest BCUT2D eigenvalue weighted by molar-refractivity contribution is -0.120. The molecular weight excluding hydrogens is 430 g/mol. The van der Waals surface area contributed by atoms with Crippen molar-refractivity contribution in [2.45, 2.75) is 110 Å². The number of rotatable bonds is 7. The topological polar surface area (TPSA) is 111 Å². The minimum Gasteiger partial charge on any atom is -0.444 e. The summed E-state index contributed by atoms with van der Waals surface area (Å²) in [5.74, 6) is 3.38. The van der Waals surface area contributed by atoms with Gasteiger partial charge in [0, 0.05) is 43.4 Å². The molecule has 0 aliphatic heterocycles. The Balaban J connectivity index is 0.000000284. The smallest absolute Gasteiger partial charge is 0.407 e. The summed E-state index contributed by atoms with van der Waals surface area (Å²) in [5.41, 5.74) is 6.19. The first kappa shape index (κ1) is 29.5. The van der Waals surface area contributed by atoms with Crippen LogP contribution in [0.5, 0.6) is 0 Å². The summed E-state index contributed by atoms with van der Waals surface area (Å²) in [7, 11) is 0. The van der Waals surface area contributed by atoms with E-state index in [-0.39, 0.29) is 25.4 Å². The van der Waals surface area contributed by atoms with Crippen LogP contribution in [0.1, 0.15) is 96.6 Å². The number of aryl methyl sites for hydroxylation is 2. The SMILES string of the molecule is C#CCNC(=O)CCNC(=O)OC(C)(C)C.CCCc1ncc(C)n1C1CCC1.NC1CCC1. The Morgan fingerprint density at radius 2 is 1.85 bits per heavy atom. The third-order valence-corrected chi connectivity index (χ3v) is 5.53. The molecule has 1 heterocycles. The Kier molecular flexibility index (Phi) is 13.4. The predicted molar refractivity (Wildman–Crippen MR) is 136 cm³/mol. The van der Waals surface area contributed by atoms with Gasteiger partial charge in [-0.1, -0.05) is 19.3 Å². The summed E-state index contributed by atoms with van der Waals surface area (Å²) in [5, 5.41) is 4.96. The molecule has 0 radical (unpaired) electrons. The van der Waals surface area contributed by atoms with Gasteiger partial charge in [-0.05, 0) is 66.2 Å². The van der Waals surface area contributed by atoms with Gasteiger partial charge in [0.25, 0.3) is 0 Å². The molecule has 3 rings (SSSR count). The van der Waals surface area contributed by atoms with E-state index in [4.69, 9.17) is 16.9 Å². The molecule has 8 heteroatoms. The number of aromatic nitrogens is 2. The van der Waals surface area contributed by atoms with Gasteiger partial charge in [-0.15, -0.1) is 6.42 Å². The number of nitrogens with zero attached hydrogens (tertiary/aromatic N) is 2. The predicted octanol–water partition coefficient (Wildman–Crippen LogP) is 4.02. The Morgan fingerprint density at radius 1 is 1.24 bits per heavy atom. The molecule has 8 nitrogen and oxygen atoms in total. The van der Waals surface area contributed by atoms with Crippen LogP contribution in [0.2, 0.25) is 0 Å². The number of amides is 2. The van der Waals surface area contributed by atoms with Gasteiger partial charge in [-0.25, -0.2) is 9.78 Å². The highest BCUT2D eigenvalue weighted by Crippen LogP contribution is 2.33. The molecule has 1 aromatic rings. The molecule has 0 spiro atoms. The van der Waals surface area contributed by atoms with Crippen molar-refractivity contribution in [1.82, 2.24) is 20.2 Å². The summed E-state index contributed by atoms with van der Waals surface area (Å²) in [6.45, 7) is 10.1. The van der Waals surface area contributed by atoms with E-state index in [1.54, 1.807) is 20.8 Å². The average Bonchev–Trinajstić information content (AvgIpc) is 3.04. The van der Waals surface area contributed by atoms with Crippen LogP contribution in [0.15, 0.2) is 6.20 Å². The number of alkyl carbamates (subject to hydrolysis) is 1. The maximum absolute atomic E-state index is 11.2. The van der Waals surface area contributed by atoms with Crippen LogP contribution in [-0.2, 0) is 16.0 Å². The van der Waals surface area contributed by atoms with Crippen molar-refractivity contribution in [3.8, 4) is 12.3 Å². The first-order chi connectivity index (χ1) is 16.1. The number of hydrogen-bond acceptors (Lipinski definition) is 5. The van der Waals surface area contributed by atoms with Crippen LogP contribution < -0.4 is 16.4 Å². The van der Waals surface area contributed by atoms with E-state index in [9.17, 15) is 9.59 Å². The lowest BCUT2D eigenvalue weighted by Crippen LogP contribution is -2.35. The molecule has 2 saturated carbocycles. The molecule has 34 heavy (non-hydrogen) atoms. The van der Waals surface area contributed by atoms with Crippen molar-refractivity contribution in [3.63, 3.8) is 0 Å². The number of terminal acetylenes is 1. The van der Waals surface area contributed by atoms with E-state index in [2.05, 4.69) is 40.0 Å². The standard InChI is InChI=1S/C11H18N2O3.C11H18N2.C4H9N/c1-5-7-12-9(14)6-8-13-10(15)16-11(2,3)4;1-3-5-11-12-8-9(2)13(11)10-6-4-7-10;5-4-2-1-3-4/h1H,6-8H2,2-4H3,(H,12,14)(H,13,15);8,10H,3-7H2,1-2H3;4H,1-3,5H2. The van der Waals surface area contributed by atoms with Gasteiger partial charge in [0.2, 0.25) is 5.91 Å². The Morgan fingerprint density at radius 3 is 2.29 bits per heavy atom. The summed E-state index contributed by atoms with van der Waals surface area (Å²) >= 11 is 0. The number of carbonyl (C=O) groups is 2. The summed E-state index contributed by atoms with van der Waals surface area (Å²) < 4.78 is 7.44. The van der Waals surface area contributed by atoms with E-state index in [0.717, 1.165) is 12.5 Å². The van der Waals surface area contributed by atoms with Gasteiger partial charge in [0.15, 0.2) is 0 Å². The average molecular weight is 476 g/mol. The van der Waals surface area contributed by atoms with Crippen molar-refractivity contribution in [1.29, 1.82) is 0 Å². The lowest BCUT2D eigenvalue weighted by atomic mass is 9.92. The monoisotopic (exact) mass is 475 g/mol. The first-order valence-corrected chi connectivity index (χ1v) is 12.5. The number of imidazole rings is 1. The van der Waals surface area contributed by atoms with Crippen LogP contribution in [0, 0.1) is 19.3 Å². The fourth-order valence-corrected chi connectivity index (χ4v) is 3.32. The van der Waals surface area contributed by atoms with Gasteiger partial charge < -0.3 is 25.7 Å². The molecule has 4 N–H and O–H groups in total. The molecular formula is C26H45N5O3. The zero-order valence-corrected chi connectivity index (χ0v) is 21.8. The minimum absolute atomic E-state index is 0.181. The summed E-state index contributed by atoms with van der Waals surface area (Å²) in [4.78, 5) is 26.7. The molecule has 0 atom stereocenters.